The average molecular weight is 222 g/mol. The van der Waals surface area contributed by atoms with Crippen molar-refractivity contribution in [2.75, 3.05) is 0 Å². The number of carbonyl (C=O) groups excluding carboxylic acids is 1. The summed E-state index contributed by atoms with van der Waals surface area (Å²) >= 11 is 0. The smallest absolute Gasteiger partial charge is 0.309 e. The summed E-state index contributed by atoms with van der Waals surface area (Å²) in [7, 11) is 0. The molecule has 0 aliphatic heterocycles. The first kappa shape index (κ1) is 11.7. The molecule has 0 radical (unpaired) electrons. The quantitative estimate of drug-likeness (QED) is 0.530. The van der Waals surface area contributed by atoms with Gasteiger partial charge in [-0.05, 0) is 37.0 Å². The second-order valence-electron chi connectivity index (χ2n) is 6.33. The second kappa shape index (κ2) is 3.90. The van der Waals surface area contributed by atoms with E-state index >= 15 is 0 Å². The van der Waals surface area contributed by atoms with E-state index in [1.54, 1.807) is 0 Å². The lowest BCUT2D eigenvalue weighted by atomic mass is 9.89. The Morgan fingerprint density at radius 1 is 1.31 bits per heavy atom. The summed E-state index contributed by atoms with van der Waals surface area (Å²) in [5, 5.41) is 0. The maximum Gasteiger partial charge on any atom is 0.309 e. The molecule has 90 valence electrons. The zero-order valence-corrected chi connectivity index (χ0v) is 10.7. The van der Waals surface area contributed by atoms with Crippen molar-refractivity contribution in [1.82, 2.24) is 0 Å². The number of hydrogen-bond acceptors (Lipinski definition) is 2. The van der Waals surface area contributed by atoms with E-state index < -0.39 is 0 Å². The summed E-state index contributed by atoms with van der Waals surface area (Å²) in [6.45, 7) is 8.30. The van der Waals surface area contributed by atoms with Gasteiger partial charge in [0.25, 0.3) is 0 Å². The molecule has 2 rings (SSSR count). The third-order valence-electron chi connectivity index (χ3n) is 4.09. The number of fused-ring (bicyclic) bond motifs is 2. The first-order valence-corrected chi connectivity index (χ1v) is 6.26. The average Bonchev–Trinajstić information content (AvgIpc) is 2.76. The van der Waals surface area contributed by atoms with Crippen LogP contribution in [0.3, 0.4) is 0 Å². The summed E-state index contributed by atoms with van der Waals surface area (Å²) in [5.41, 5.74) is 0.0309. The standard InChI is InChI=1S/C14H22O2/c1-9(14(2,3)4)16-13(15)12-8-10-5-6-11(12)7-10/h5-6,9-12H,7-8H2,1-4H3/t9-,10-,11+,12-/m0/s1. The number of ether oxygens (including phenoxy) is 1. The van der Waals surface area contributed by atoms with Crippen LogP contribution < -0.4 is 0 Å². The highest BCUT2D eigenvalue weighted by Gasteiger charge is 2.41. The van der Waals surface area contributed by atoms with E-state index in [0.29, 0.717) is 11.8 Å². The Morgan fingerprint density at radius 2 is 2.00 bits per heavy atom. The van der Waals surface area contributed by atoms with Gasteiger partial charge in [-0.3, -0.25) is 4.79 Å². The van der Waals surface area contributed by atoms with Gasteiger partial charge in [0.05, 0.1) is 5.92 Å². The molecule has 0 aromatic carbocycles. The van der Waals surface area contributed by atoms with Crippen LogP contribution in [0.15, 0.2) is 12.2 Å². The number of carbonyl (C=O) groups is 1. The zero-order chi connectivity index (χ0) is 11.9. The maximum atomic E-state index is 12.0. The zero-order valence-electron chi connectivity index (χ0n) is 10.7. The molecule has 1 saturated carbocycles. The minimum atomic E-state index is -0.0110. The summed E-state index contributed by atoms with van der Waals surface area (Å²) in [4.78, 5) is 12.0. The highest BCUT2D eigenvalue weighted by Crippen LogP contribution is 2.44. The molecule has 0 N–H and O–H groups in total. The van der Waals surface area contributed by atoms with Crippen LogP contribution in [0.25, 0.3) is 0 Å². The lowest BCUT2D eigenvalue weighted by Crippen LogP contribution is -2.32. The second-order valence-corrected chi connectivity index (χ2v) is 6.33. The first-order chi connectivity index (χ1) is 7.38. The maximum absolute atomic E-state index is 12.0. The highest BCUT2D eigenvalue weighted by atomic mass is 16.5. The Balaban J connectivity index is 1.92. The van der Waals surface area contributed by atoms with Gasteiger partial charge in [-0.15, -0.1) is 0 Å². The molecule has 4 atom stereocenters. The Morgan fingerprint density at radius 3 is 2.44 bits per heavy atom. The van der Waals surface area contributed by atoms with Crippen molar-refractivity contribution in [3.8, 4) is 0 Å². The van der Waals surface area contributed by atoms with E-state index in [1.165, 1.54) is 0 Å². The molecule has 1 fully saturated rings. The summed E-state index contributed by atoms with van der Waals surface area (Å²) in [6, 6.07) is 0. The molecular formula is C14H22O2. The predicted molar refractivity (Wildman–Crippen MR) is 63.9 cm³/mol. The van der Waals surface area contributed by atoms with Crippen LogP contribution in [0.1, 0.15) is 40.5 Å². The van der Waals surface area contributed by atoms with Crippen molar-refractivity contribution < 1.29 is 9.53 Å². The molecule has 0 heterocycles. The SMILES string of the molecule is C[C@H](OC(=O)[C@H]1C[C@H]2C=C[C@@H]1C2)C(C)(C)C. The van der Waals surface area contributed by atoms with Crippen LogP contribution in [0, 0.1) is 23.2 Å². The first-order valence-electron chi connectivity index (χ1n) is 6.26. The van der Waals surface area contributed by atoms with Gasteiger partial charge in [-0.2, -0.15) is 0 Å². The Kier molecular flexibility index (Phi) is 2.85. The molecule has 2 nitrogen and oxygen atoms in total. The highest BCUT2D eigenvalue weighted by molar-refractivity contribution is 5.74. The Labute approximate surface area is 98.1 Å². The van der Waals surface area contributed by atoms with Crippen LogP contribution in [0.5, 0.6) is 0 Å². The lowest BCUT2D eigenvalue weighted by molar-refractivity contribution is -0.159. The van der Waals surface area contributed by atoms with E-state index in [0.717, 1.165) is 12.8 Å². The summed E-state index contributed by atoms with van der Waals surface area (Å²) in [5.74, 6) is 1.22. The van der Waals surface area contributed by atoms with Crippen molar-refractivity contribution in [1.29, 1.82) is 0 Å². The minimum Gasteiger partial charge on any atom is -0.462 e. The number of allylic oxidation sites excluding steroid dienone is 2. The predicted octanol–water partition coefficient (Wildman–Crippen LogP) is 3.18. The number of hydrogen-bond donors (Lipinski definition) is 0. The largest absolute Gasteiger partial charge is 0.462 e. The van der Waals surface area contributed by atoms with Gasteiger partial charge in [0, 0.05) is 0 Å². The van der Waals surface area contributed by atoms with Gasteiger partial charge in [-0.25, -0.2) is 0 Å². The van der Waals surface area contributed by atoms with Crippen LogP contribution in [-0.2, 0) is 9.53 Å². The van der Waals surface area contributed by atoms with Gasteiger partial charge in [0.15, 0.2) is 0 Å². The van der Waals surface area contributed by atoms with Gasteiger partial charge >= 0.3 is 5.97 Å². The van der Waals surface area contributed by atoms with Crippen molar-refractivity contribution in [3.63, 3.8) is 0 Å². The van der Waals surface area contributed by atoms with Crippen LogP contribution in [0.2, 0.25) is 0 Å². The fraction of sp³-hybridized carbons (Fsp3) is 0.786. The van der Waals surface area contributed by atoms with Gasteiger partial charge in [0.1, 0.15) is 6.10 Å². The molecule has 2 bridgehead atoms. The third kappa shape index (κ3) is 2.16. The molecule has 0 unspecified atom stereocenters. The van der Waals surface area contributed by atoms with Gasteiger partial charge in [-0.1, -0.05) is 32.9 Å². The molecule has 0 amide bonds. The van der Waals surface area contributed by atoms with E-state index in [-0.39, 0.29) is 23.4 Å². The van der Waals surface area contributed by atoms with Crippen molar-refractivity contribution in [2.24, 2.45) is 23.2 Å². The summed E-state index contributed by atoms with van der Waals surface area (Å²) in [6.07, 6.45) is 6.59. The van der Waals surface area contributed by atoms with Crippen molar-refractivity contribution in [2.45, 2.75) is 46.6 Å². The molecule has 2 aliphatic carbocycles. The van der Waals surface area contributed by atoms with Crippen LogP contribution >= 0.6 is 0 Å². The fourth-order valence-corrected chi connectivity index (χ4v) is 2.49. The Bertz CT molecular complexity index is 311. The van der Waals surface area contributed by atoms with E-state index in [1.807, 2.05) is 6.92 Å². The molecule has 0 saturated heterocycles. The Hall–Kier alpha value is -0.790. The summed E-state index contributed by atoms with van der Waals surface area (Å²) < 4.78 is 5.58. The van der Waals surface area contributed by atoms with E-state index in [2.05, 4.69) is 32.9 Å². The fourth-order valence-electron chi connectivity index (χ4n) is 2.49. The molecule has 0 spiro atoms. The molecule has 0 aromatic heterocycles. The van der Waals surface area contributed by atoms with Crippen LogP contribution in [0.4, 0.5) is 0 Å². The van der Waals surface area contributed by atoms with Crippen molar-refractivity contribution in [3.05, 3.63) is 12.2 Å². The van der Waals surface area contributed by atoms with Gasteiger partial charge < -0.3 is 4.74 Å². The molecule has 0 aromatic rings. The lowest BCUT2D eigenvalue weighted by Gasteiger charge is -2.29. The van der Waals surface area contributed by atoms with E-state index in [4.69, 9.17) is 4.74 Å². The minimum absolute atomic E-state index is 0.0110. The number of esters is 1. The van der Waals surface area contributed by atoms with Gasteiger partial charge in [0.2, 0.25) is 0 Å². The molecule has 2 heteroatoms. The number of rotatable bonds is 2. The van der Waals surface area contributed by atoms with E-state index in [9.17, 15) is 4.79 Å². The van der Waals surface area contributed by atoms with Crippen LogP contribution in [-0.4, -0.2) is 12.1 Å². The topological polar surface area (TPSA) is 26.3 Å². The molecule has 2 aliphatic rings. The van der Waals surface area contributed by atoms with Crippen molar-refractivity contribution >= 4 is 5.97 Å². The monoisotopic (exact) mass is 222 g/mol. The molecular weight excluding hydrogens is 200 g/mol. The molecule has 16 heavy (non-hydrogen) atoms. The normalized spacial score (nSPS) is 34.1. The third-order valence-corrected chi connectivity index (χ3v) is 4.09.